The van der Waals surface area contributed by atoms with E-state index in [1.807, 2.05) is 18.2 Å². The van der Waals surface area contributed by atoms with Gasteiger partial charge in [-0.2, -0.15) is 0 Å². The van der Waals surface area contributed by atoms with Gasteiger partial charge < -0.3 is 9.47 Å². The highest BCUT2D eigenvalue weighted by Gasteiger charge is 2.39. The van der Waals surface area contributed by atoms with E-state index in [1.54, 1.807) is 12.1 Å². The summed E-state index contributed by atoms with van der Waals surface area (Å²) in [6, 6.07) is 17.8. The maximum Gasteiger partial charge on any atom is 0.337 e. The Kier molecular flexibility index (Phi) is 6.46. The molecule has 35 heavy (non-hydrogen) atoms. The number of rotatable bonds is 6. The predicted octanol–water partition coefficient (Wildman–Crippen LogP) is 6.88. The molecule has 0 radical (unpaired) electrons. The maximum atomic E-state index is 13.2. The van der Waals surface area contributed by atoms with E-state index in [-0.39, 0.29) is 11.9 Å². The number of carbonyl (C=O) groups is 2. The third-order valence-electron chi connectivity index (χ3n) is 7.89. The van der Waals surface area contributed by atoms with Crippen molar-refractivity contribution in [2.45, 2.75) is 52.6 Å². The van der Waals surface area contributed by atoms with Crippen LogP contribution in [0.3, 0.4) is 0 Å². The van der Waals surface area contributed by atoms with Crippen LogP contribution in [0.5, 0.6) is 5.75 Å². The first-order chi connectivity index (χ1) is 17.0. The second-order valence-corrected chi connectivity index (χ2v) is 9.94. The molecule has 2 aliphatic carbocycles. The molecule has 5 rings (SSSR count). The Morgan fingerprint density at radius 2 is 1.69 bits per heavy atom. The van der Waals surface area contributed by atoms with Gasteiger partial charge in [0.2, 0.25) is 0 Å². The van der Waals surface area contributed by atoms with Crippen molar-refractivity contribution in [3.63, 3.8) is 0 Å². The first kappa shape index (κ1) is 23.3. The molecular formula is C31H32O4. The van der Waals surface area contributed by atoms with Gasteiger partial charge in [0.05, 0.1) is 12.7 Å². The summed E-state index contributed by atoms with van der Waals surface area (Å²) in [5.74, 6) is 1.58. The Morgan fingerprint density at radius 1 is 0.943 bits per heavy atom. The minimum Gasteiger partial charge on any atom is -0.489 e. The molecule has 0 heterocycles. The third-order valence-corrected chi connectivity index (χ3v) is 7.89. The molecule has 3 aromatic rings. The van der Waals surface area contributed by atoms with Crippen molar-refractivity contribution >= 4 is 11.8 Å². The van der Waals surface area contributed by atoms with Gasteiger partial charge in [-0.15, -0.1) is 0 Å². The number of esters is 1. The molecule has 0 N–H and O–H groups in total. The van der Waals surface area contributed by atoms with Gasteiger partial charge in [0.15, 0.2) is 5.78 Å². The molecule has 1 fully saturated rings. The minimum absolute atomic E-state index is 0.156. The van der Waals surface area contributed by atoms with Gasteiger partial charge in [0.25, 0.3) is 0 Å². The fraction of sp³-hybridized carbons (Fsp3) is 0.355. The van der Waals surface area contributed by atoms with Crippen molar-refractivity contribution in [2.75, 3.05) is 7.11 Å². The number of Topliss-reactive ketones (excluding diaryl/α,β-unsaturated/α-hetero) is 1. The van der Waals surface area contributed by atoms with Crippen LogP contribution in [-0.4, -0.2) is 18.9 Å². The van der Waals surface area contributed by atoms with Crippen LogP contribution in [0.2, 0.25) is 0 Å². The third kappa shape index (κ3) is 4.50. The maximum absolute atomic E-state index is 13.2. The summed E-state index contributed by atoms with van der Waals surface area (Å²) in [7, 11) is 1.38. The van der Waals surface area contributed by atoms with Gasteiger partial charge >= 0.3 is 5.97 Å². The molecular weight excluding hydrogens is 436 g/mol. The molecule has 3 aromatic carbocycles. The summed E-state index contributed by atoms with van der Waals surface area (Å²) in [4.78, 5) is 24.9. The molecule has 1 saturated carbocycles. The lowest BCUT2D eigenvalue weighted by Gasteiger charge is -2.16. The van der Waals surface area contributed by atoms with Crippen LogP contribution in [0.15, 0.2) is 54.6 Å². The number of methoxy groups -OCH3 is 1. The molecule has 2 aliphatic rings. The summed E-state index contributed by atoms with van der Waals surface area (Å²) >= 11 is 0. The normalized spacial score (nSPS) is 17.5. The average molecular weight is 469 g/mol. The molecule has 4 nitrogen and oxygen atoms in total. The van der Waals surface area contributed by atoms with Crippen molar-refractivity contribution < 1.29 is 19.1 Å². The van der Waals surface area contributed by atoms with E-state index in [1.165, 1.54) is 32.8 Å². The van der Waals surface area contributed by atoms with Crippen molar-refractivity contribution in [1.82, 2.24) is 0 Å². The van der Waals surface area contributed by atoms with Gasteiger partial charge in [0.1, 0.15) is 12.4 Å². The highest BCUT2D eigenvalue weighted by atomic mass is 16.5. The predicted molar refractivity (Wildman–Crippen MR) is 137 cm³/mol. The first-order valence-corrected chi connectivity index (χ1v) is 12.5. The van der Waals surface area contributed by atoms with Crippen LogP contribution in [0.1, 0.15) is 68.7 Å². The highest BCUT2D eigenvalue weighted by Crippen LogP contribution is 2.43. The molecule has 0 aromatic heterocycles. The van der Waals surface area contributed by atoms with E-state index in [0.29, 0.717) is 23.9 Å². The van der Waals surface area contributed by atoms with E-state index in [4.69, 9.17) is 9.47 Å². The molecule has 1 atom stereocenters. The molecule has 4 heteroatoms. The zero-order chi connectivity index (χ0) is 24.5. The topological polar surface area (TPSA) is 52.6 Å². The molecule has 180 valence electrons. The Bertz CT molecular complexity index is 1270. The molecule has 0 amide bonds. The van der Waals surface area contributed by atoms with Crippen LogP contribution in [0.4, 0.5) is 0 Å². The summed E-state index contributed by atoms with van der Waals surface area (Å²) in [5.41, 5.74) is 7.92. The fourth-order valence-electron chi connectivity index (χ4n) is 5.78. The standard InChI is InChI=1S/C31H32O4/c1-19-20(2)29-26(16-27(30(29)32)23-8-4-5-9-23)17-28(19)35-18-21-7-6-10-25(15-21)22-11-13-24(14-12-22)31(33)34-3/h6-7,10-15,17,23,27H,4-5,8-9,16,18H2,1-3H3/t27-/m1/s1. The van der Waals surface area contributed by atoms with Crippen LogP contribution < -0.4 is 4.74 Å². The highest BCUT2D eigenvalue weighted by molar-refractivity contribution is 6.04. The molecule has 0 saturated heterocycles. The fourth-order valence-corrected chi connectivity index (χ4v) is 5.78. The second-order valence-electron chi connectivity index (χ2n) is 9.94. The lowest BCUT2D eigenvalue weighted by Crippen LogP contribution is -2.18. The van der Waals surface area contributed by atoms with Crippen molar-refractivity contribution in [3.05, 3.63) is 88.0 Å². The van der Waals surface area contributed by atoms with Crippen molar-refractivity contribution in [3.8, 4) is 16.9 Å². The Morgan fingerprint density at radius 3 is 2.40 bits per heavy atom. The minimum atomic E-state index is -0.338. The van der Waals surface area contributed by atoms with Gasteiger partial charge in [-0.25, -0.2) is 4.79 Å². The summed E-state index contributed by atoms with van der Waals surface area (Å²) < 4.78 is 11.1. The number of benzene rings is 3. The first-order valence-electron chi connectivity index (χ1n) is 12.5. The van der Waals surface area contributed by atoms with Gasteiger partial charge in [-0.3, -0.25) is 4.79 Å². The number of hydrogen-bond acceptors (Lipinski definition) is 4. The quantitative estimate of drug-likeness (QED) is 0.370. The Balaban J connectivity index is 1.33. The molecule has 0 bridgehead atoms. The SMILES string of the molecule is COC(=O)c1ccc(-c2cccc(COc3cc4c(c(C)c3C)C(=O)[C@@H](C3CCCC3)C4)c2)cc1. The average Bonchev–Trinajstić information content (AvgIpc) is 3.53. The zero-order valence-electron chi connectivity index (χ0n) is 20.7. The molecule has 0 spiro atoms. The summed E-state index contributed by atoms with van der Waals surface area (Å²) in [6.07, 6.45) is 5.74. The van der Waals surface area contributed by atoms with E-state index < -0.39 is 0 Å². The lowest BCUT2D eigenvalue weighted by atomic mass is 9.87. The van der Waals surface area contributed by atoms with Crippen LogP contribution in [0.25, 0.3) is 11.1 Å². The number of hydrogen-bond donors (Lipinski definition) is 0. The van der Waals surface area contributed by atoms with E-state index >= 15 is 0 Å². The number of ketones is 1. The Labute approximate surface area is 207 Å². The number of fused-ring (bicyclic) bond motifs is 1. The second kappa shape index (κ2) is 9.69. The molecule has 0 aliphatic heterocycles. The van der Waals surface area contributed by atoms with Gasteiger partial charge in [0, 0.05) is 11.5 Å². The lowest BCUT2D eigenvalue weighted by molar-refractivity contribution is 0.0600. The number of ether oxygens (including phenoxy) is 2. The van der Waals surface area contributed by atoms with Gasteiger partial charge in [-0.1, -0.05) is 43.2 Å². The summed E-state index contributed by atoms with van der Waals surface area (Å²) in [6.45, 7) is 4.57. The van der Waals surface area contributed by atoms with Crippen molar-refractivity contribution in [2.24, 2.45) is 11.8 Å². The van der Waals surface area contributed by atoms with Crippen LogP contribution >= 0.6 is 0 Å². The van der Waals surface area contributed by atoms with E-state index in [2.05, 4.69) is 38.1 Å². The zero-order valence-corrected chi connectivity index (χ0v) is 20.7. The largest absolute Gasteiger partial charge is 0.489 e. The molecule has 0 unspecified atom stereocenters. The number of carbonyl (C=O) groups excluding carboxylic acids is 2. The van der Waals surface area contributed by atoms with Crippen LogP contribution in [0, 0.1) is 25.7 Å². The van der Waals surface area contributed by atoms with Crippen LogP contribution in [-0.2, 0) is 17.8 Å². The smallest absolute Gasteiger partial charge is 0.337 e. The van der Waals surface area contributed by atoms with E-state index in [0.717, 1.165) is 51.1 Å². The van der Waals surface area contributed by atoms with E-state index in [9.17, 15) is 9.59 Å². The van der Waals surface area contributed by atoms with Crippen molar-refractivity contribution in [1.29, 1.82) is 0 Å². The monoisotopic (exact) mass is 468 g/mol. The summed E-state index contributed by atoms with van der Waals surface area (Å²) in [5, 5.41) is 0. The Hall–Kier alpha value is -3.40. The van der Waals surface area contributed by atoms with Gasteiger partial charge in [-0.05, 0) is 96.7 Å².